The molecule has 5 rings (SSSR count). The van der Waals surface area contributed by atoms with Crippen LogP contribution in [0.15, 0.2) is 77.7 Å². The largest absolute Gasteiger partial charge is 0.325 e. The number of carbonyl (C=O) groups excluding carboxylic acids is 2. The molecule has 2 aliphatic rings. The van der Waals surface area contributed by atoms with E-state index in [9.17, 15) is 9.59 Å². The van der Waals surface area contributed by atoms with Crippen molar-refractivity contribution in [3.05, 3.63) is 78.4 Å². The predicted molar refractivity (Wildman–Crippen MR) is 116 cm³/mol. The van der Waals surface area contributed by atoms with Crippen LogP contribution >= 0.6 is 11.8 Å². The molecule has 1 unspecified atom stereocenters. The second-order valence-electron chi connectivity index (χ2n) is 7.73. The van der Waals surface area contributed by atoms with E-state index in [2.05, 4.69) is 35.6 Å². The Morgan fingerprint density at radius 1 is 0.897 bits per heavy atom. The molecule has 3 aromatic carbocycles. The van der Waals surface area contributed by atoms with E-state index in [1.54, 1.807) is 0 Å². The Bertz CT molecular complexity index is 1060. The fourth-order valence-corrected chi connectivity index (χ4v) is 5.60. The number of carbonyl (C=O) groups is 2. The predicted octanol–water partition coefficient (Wildman–Crippen LogP) is 4.63. The van der Waals surface area contributed by atoms with Gasteiger partial charge in [-0.1, -0.05) is 60.7 Å². The fraction of sp³-hybridized carbons (Fsp3) is 0.250. The minimum Gasteiger partial charge on any atom is -0.325 e. The summed E-state index contributed by atoms with van der Waals surface area (Å²) in [4.78, 5) is 28.2. The number of rotatable bonds is 5. The summed E-state index contributed by atoms with van der Waals surface area (Å²) in [6, 6.07) is 23.9. The Labute approximate surface area is 174 Å². The molecular formula is C24H22N2O2S. The van der Waals surface area contributed by atoms with Crippen LogP contribution < -0.4 is 5.32 Å². The number of amides is 3. The summed E-state index contributed by atoms with van der Waals surface area (Å²) in [6.45, 7) is 0. The van der Waals surface area contributed by atoms with E-state index in [0.717, 1.165) is 29.2 Å². The van der Waals surface area contributed by atoms with Crippen LogP contribution in [0.1, 0.15) is 18.4 Å². The molecule has 1 N–H and O–H groups in total. The molecule has 29 heavy (non-hydrogen) atoms. The number of hydrogen-bond acceptors (Lipinski definition) is 3. The van der Waals surface area contributed by atoms with E-state index in [0.29, 0.717) is 11.7 Å². The molecule has 1 atom stereocenters. The van der Waals surface area contributed by atoms with Crippen molar-refractivity contribution < 1.29 is 9.59 Å². The van der Waals surface area contributed by atoms with Gasteiger partial charge in [-0.2, -0.15) is 0 Å². The normalized spacial score (nSPS) is 23.9. The first kappa shape index (κ1) is 18.3. The van der Waals surface area contributed by atoms with Gasteiger partial charge < -0.3 is 5.32 Å². The quantitative estimate of drug-likeness (QED) is 0.633. The molecule has 1 heterocycles. The van der Waals surface area contributed by atoms with Gasteiger partial charge in [-0.3, -0.25) is 9.69 Å². The van der Waals surface area contributed by atoms with Gasteiger partial charge in [-0.25, -0.2) is 4.79 Å². The molecule has 1 aliphatic heterocycles. The molecular weight excluding hydrogens is 380 g/mol. The Morgan fingerprint density at radius 2 is 1.62 bits per heavy atom. The fourth-order valence-electron chi connectivity index (χ4n) is 4.26. The third kappa shape index (κ3) is 3.51. The number of urea groups is 1. The summed E-state index contributed by atoms with van der Waals surface area (Å²) in [5, 5.41) is 5.66. The van der Waals surface area contributed by atoms with Crippen LogP contribution in [-0.4, -0.2) is 34.2 Å². The highest BCUT2D eigenvalue weighted by Crippen LogP contribution is 2.40. The zero-order valence-corrected chi connectivity index (χ0v) is 16.8. The van der Waals surface area contributed by atoms with Crippen molar-refractivity contribution in [2.45, 2.75) is 41.5 Å². The van der Waals surface area contributed by atoms with Crippen LogP contribution in [0.2, 0.25) is 0 Å². The van der Waals surface area contributed by atoms with Crippen LogP contribution in [-0.2, 0) is 11.2 Å². The standard InChI is InChI=1S/C24H22N2O2S/c27-23-22(13-17-9-6-8-16-7-4-5-12-21(16)17)25-24(28)26(23)18-14-20(15-18)29-19-10-2-1-3-11-19/h1-12,18,20,22H,13-15H2,(H,25,28). The minimum absolute atomic E-state index is 0.0150. The van der Waals surface area contributed by atoms with Gasteiger partial charge >= 0.3 is 6.03 Å². The molecule has 146 valence electrons. The summed E-state index contributed by atoms with van der Waals surface area (Å²) in [6.07, 6.45) is 2.25. The first-order valence-electron chi connectivity index (χ1n) is 10.0. The van der Waals surface area contributed by atoms with Crippen LogP contribution in [0.5, 0.6) is 0 Å². The molecule has 0 spiro atoms. The third-order valence-corrected chi connectivity index (χ3v) is 7.10. The second kappa shape index (κ2) is 7.56. The van der Waals surface area contributed by atoms with Crippen molar-refractivity contribution in [1.29, 1.82) is 0 Å². The first-order chi connectivity index (χ1) is 14.2. The van der Waals surface area contributed by atoms with Gasteiger partial charge in [0.25, 0.3) is 5.91 Å². The highest BCUT2D eigenvalue weighted by Gasteiger charge is 2.46. The highest BCUT2D eigenvalue weighted by atomic mass is 32.2. The Morgan fingerprint density at radius 3 is 2.45 bits per heavy atom. The minimum atomic E-state index is -0.478. The lowest BCUT2D eigenvalue weighted by Gasteiger charge is -2.39. The number of fused-ring (bicyclic) bond motifs is 1. The lowest BCUT2D eigenvalue weighted by Crippen LogP contribution is -2.49. The number of hydrogen-bond donors (Lipinski definition) is 1. The summed E-state index contributed by atoms with van der Waals surface area (Å²) >= 11 is 1.83. The zero-order valence-electron chi connectivity index (χ0n) is 16.0. The van der Waals surface area contributed by atoms with E-state index in [1.165, 1.54) is 9.80 Å². The average Bonchev–Trinajstić information content (AvgIpc) is 2.99. The van der Waals surface area contributed by atoms with Crippen molar-refractivity contribution in [3.63, 3.8) is 0 Å². The van der Waals surface area contributed by atoms with Gasteiger partial charge in [0.2, 0.25) is 0 Å². The van der Waals surface area contributed by atoms with E-state index in [1.807, 2.05) is 54.2 Å². The van der Waals surface area contributed by atoms with E-state index < -0.39 is 6.04 Å². The summed E-state index contributed by atoms with van der Waals surface area (Å²) < 4.78 is 0. The third-order valence-electron chi connectivity index (χ3n) is 5.84. The zero-order chi connectivity index (χ0) is 19.8. The number of benzene rings is 3. The Balaban J connectivity index is 1.25. The summed E-state index contributed by atoms with van der Waals surface area (Å²) in [5.74, 6) is -0.0869. The first-order valence-corrected chi connectivity index (χ1v) is 10.9. The lowest BCUT2D eigenvalue weighted by molar-refractivity contribution is -0.130. The summed E-state index contributed by atoms with van der Waals surface area (Å²) in [7, 11) is 0. The SMILES string of the molecule is O=C1NC(Cc2cccc3ccccc23)C(=O)N1C1CC(Sc2ccccc2)C1. The summed E-state index contributed by atoms with van der Waals surface area (Å²) in [5.41, 5.74) is 1.09. The number of nitrogens with one attached hydrogen (secondary N) is 1. The monoisotopic (exact) mass is 402 g/mol. The number of imide groups is 1. The van der Waals surface area contributed by atoms with E-state index >= 15 is 0 Å². The maximum atomic E-state index is 13.0. The maximum absolute atomic E-state index is 13.0. The van der Waals surface area contributed by atoms with E-state index in [4.69, 9.17) is 0 Å². The van der Waals surface area contributed by atoms with Gasteiger partial charge in [0.1, 0.15) is 6.04 Å². The van der Waals surface area contributed by atoms with Crippen LogP contribution in [0.3, 0.4) is 0 Å². The van der Waals surface area contributed by atoms with Gasteiger partial charge in [0.15, 0.2) is 0 Å². The van der Waals surface area contributed by atoms with Crippen molar-refractivity contribution in [3.8, 4) is 0 Å². The molecule has 5 heteroatoms. The molecule has 3 aromatic rings. The average molecular weight is 403 g/mol. The molecule has 4 nitrogen and oxygen atoms in total. The van der Waals surface area contributed by atoms with Crippen LogP contribution in [0, 0.1) is 0 Å². The molecule has 0 bridgehead atoms. The molecule has 0 radical (unpaired) electrons. The molecule has 1 aliphatic carbocycles. The van der Waals surface area contributed by atoms with Crippen molar-refractivity contribution in [2.75, 3.05) is 0 Å². The van der Waals surface area contributed by atoms with E-state index in [-0.39, 0.29) is 18.0 Å². The van der Waals surface area contributed by atoms with Crippen LogP contribution in [0.25, 0.3) is 10.8 Å². The molecule has 2 fully saturated rings. The lowest BCUT2D eigenvalue weighted by atomic mass is 9.90. The van der Waals surface area contributed by atoms with Crippen molar-refractivity contribution in [1.82, 2.24) is 10.2 Å². The molecule has 1 saturated heterocycles. The molecule has 1 saturated carbocycles. The number of thioether (sulfide) groups is 1. The van der Waals surface area contributed by atoms with Gasteiger partial charge in [0.05, 0.1) is 0 Å². The van der Waals surface area contributed by atoms with Gasteiger partial charge in [0, 0.05) is 22.6 Å². The Hall–Kier alpha value is -2.79. The molecule has 3 amide bonds. The van der Waals surface area contributed by atoms with Gasteiger partial charge in [-0.05, 0) is 41.3 Å². The smallest absolute Gasteiger partial charge is 0.325 e. The van der Waals surface area contributed by atoms with Crippen molar-refractivity contribution >= 4 is 34.5 Å². The van der Waals surface area contributed by atoms with Gasteiger partial charge in [-0.15, -0.1) is 11.8 Å². The topological polar surface area (TPSA) is 49.4 Å². The van der Waals surface area contributed by atoms with Crippen molar-refractivity contribution in [2.24, 2.45) is 0 Å². The molecule has 0 aromatic heterocycles. The maximum Gasteiger partial charge on any atom is 0.325 e. The Kier molecular flexibility index (Phi) is 4.76. The number of nitrogens with zero attached hydrogens (tertiary/aromatic N) is 1. The van der Waals surface area contributed by atoms with Crippen LogP contribution in [0.4, 0.5) is 4.79 Å². The second-order valence-corrected chi connectivity index (χ2v) is 9.10. The highest BCUT2D eigenvalue weighted by molar-refractivity contribution is 8.00.